The van der Waals surface area contributed by atoms with Gasteiger partial charge >= 0.3 is 6.09 Å². The average Bonchev–Trinajstić information content (AvgIpc) is 3.55. The molecule has 6 heteroatoms. The van der Waals surface area contributed by atoms with Crippen LogP contribution in [0, 0.1) is 5.92 Å². The maximum Gasteiger partial charge on any atom is 0.419 e. The largest absolute Gasteiger partial charge is 0.464 e. The van der Waals surface area contributed by atoms with Crippen LogP contribution in [0.2, 0.25) is 0 Å². The Labute approximate surface area is 172 Å². The fraction of sp³-hybridized carbons (Fsp3) is 0.864. The van der Waals surface area contributed by atoms with Crippen LogP contribution in [0.4, 0.5) is 4.79 Å². The van der Waals surface area contributed by atoms with Gasteiger partial charge in [0.05, 0.1) is 23.9 Å². The summed E-state index contributed by atoms with van der Waals surface area (Å²) in [5.41, 5.74) is 4.02. The quantitative estimate of drug-likeness (QED) is 0.515. The van der Waals surface area contributed by atoms with Gasteiger partial charge in [-0.05, 0) is 52.9 Å². The van der Waals surface area contributed by atoms with E-state index in [4.69, 9.17) is 14.6 Å². The Hall–Kier alpha value is -1.11. The number of allylic oxidation sites excluding steroid dienone is 1. The van der Waals surface area contributed by atoms with Gasteiger partial charge in [-0.3, -0.25) is 5.43 Å². The van der Waals surface area contributed by atoms with Crippen molar-refractivity contribution in [1.82, 2.24) is 10.4 Å². The van der Waals surface area contributed by atoms with Crippen molar-refractivity contribution in [3.63, 3.8) is 0 Å². The molecule has 1 saturated carbocycles. The van der Waals surface area contributed by atoms with Crippen molar-refractivity contribution in [2.24, 2.45) is 5.92 Å². The number of ether oxygens (including phenoxy) is 2. The van der Waals surface area contributed by atoms with Crippen molar-refractivity contribution in [2.75, 3.05) is 19.7 Å². The molecule has 2 N–H and O–H groups in total. The number of hydrogen-bond donors (Lipinski definition) is 2. The second kappa shape index (κ2) is 9.14. The normalized spacial score (nSPS) is 37.2. The molecule has 0 bridgehead atoms. The van der Waals surface area contributed by atoms with E-state index in [1.54, 1.807) is 5.01 Å². The van der Waals surface area contributed by atoms with E-state index in [1.165, 1.54) is 44.1 Å². The molecule has 0 aromatic carbocycles. The van der Waals surface area contributed by atoms with Crippen LogP contribution in [0.25, 0.3) is 0 Å². The molecule has 3 heterocycles. The van der Waals surface area contributed by atoms with Crippen LogP contribution in [0.3, 0.4) is 0 Å². The van der Waals surface area contributed by atoms with Crippen LogP contribution in [-0.4, -0.2) is 53.2 Å². The highest BCUT2D eigenvalue weighted by Crippen LogP contribution is 2.57. The summed E-state index contributed by atoms with van der Waals surface area (Å²) in [5, 5.41) is 10.1. The van der Waals surface area contributed by atoms with Gasteiger partial charge in [0.2, 0.25) is 0 Å². The minimum absolute atomic E-state index is 0. The van der Waals surface area contributed by atoms with Crippen LogP contribution < -0.4 is 5.43 Å². The molecule has 3 saturated heterocycles. The number of carboxylic acid groups (broad SMARTS) is 1. The lowest BCUT2D eigenvalue weighted by Gasteiger charge is -2.26. The summed E-state index contributed by atoms with van der Waals surface area (Å²) in [6.07, 6.45) is 12.9. The predicted octanol–water partition coefficient (Wildman–Crippen LogP) is 5.00. The van der Waals surface area contributed by atoms with E-state index in [0.717, 1.165) is 39.0 Å². The Morgan fingerprint density at radius 2 is 1.89 bits per heavy atom. The molecule has 6 nitrogen and oxygen atoms in total. The van der Waals surface area contributed by atoms with Crippen LogP contribution in [-0.2, 0) is 9.47 Å². The van der Waals surface area contributed by atoms with Crippen LogP contribution >= 0.6 is 0 Å². The Morgan fingerprint density at radius 1 is 1.21 bits per heavy atom. The van der Waals surface area contributed by atoms with Crippen molar-refractivity contribution in [1.29, 1.82) is 0 Å². The molecule has 4 fully saturated rings. The molecular formula is C22H42N2O4. The van der Waals surface area contributed by atoms with E-state index >= 15 is 0 Å². The maximum atomic E-state index is 10.1. The summed E-state index contributed by atoms with van der Waals surface area (Å²) in [4.78, 5) is 10.1. The Kier molecular flexibility index (Phi) is 7.05. The first-order valence-corrected chi connectivity index (χ1v) is 11.1. The minimum Gasteiger partial charge on any atom is -0.464 e. The van der Waals surface area contributed by atoms with Crippen molar-refractivity contribution in [3.8, 4) is 0 Å². The number of hydrazine groups is 1. The van der Waals surface area contributed by atoms with Crippen LogP contribution in [0.1, 0.15) is 81.4 Å². The molecule has 1 amide bonds. The smallest absolute Gasteiger partial charge is 0.419 e. The van der Waals surface area contributed by atoms with Gasteiger partial charge in [0, 0.05) is 21.9 Å². The number of nitrogens with zero attached hydrogens (tertiary/aromatic N) is 1. The van der Waals surface area contributed by atoms with Gasteiger partial charge in [-0.1, -0.05) is 37.3 Å². The van der Waals surface area contributed by atoms with Gasteiger partial charge in [0.25, 0.3) is 0 Å². The minimum atomic E-state index is -0.957. The highest BCUT2D eigenvalue weighted by molar-refractivity contribution is 5.63. The van der Waals surface area contributed by atoms with Gasteiger partial charge in [-0.25, -0.2) is 9.80 Å². The van der Waals surface area contributed by atoms with Crippen LogP contribution in [0.15, 0.2) is 11.6 Å². The van der Waals surface area contributed by atoms with Crippen LogP contribution in [0.5, 0.6) is 0 Å². The summed E-state index contributed by atoms with van der Waals surface area (Å²) < 4.78 is 12.0. The molecular weight excluding hydrogens is 356 g/mol. The number of nitrogens with one attached hydrogen (secondary N) is 1. The molecule has 28 heavy (non-hydrogen) atoms. The van der Waals surface area contributed by atoms with E-state index < -0.39 is 6.09 Å². The first-order valence-electron chi connectivity index (χ1n) is 11.1. The summed E-state index contributed by atoms with van der Waals surface area (Å²) >= 11 is 0. The molecule has 3 aliphatic heterocycles. The zero-order valence-electron chi connectivity index (χ0n) is 17.8. The second-order valence-corrected chi connectivity index (χ2v) is 9.28. The standard InChI is InChI=1S/C16H26O2.C6H12N2O2.2H2/c1-12(2)8-9-14-15(3,18-14)13-7-5-4-6-10-16(13)11-17-16;9-6(10)7-8-4-2-1-3-5-8;;/h8,13-14H,4-7,9-11H2,1-3H3;7H,1-5H2,(H,9,10);2*1H/t13?,14-,15-,16+;;;/m1.../s1. The summed E-state index contributed by atoms with van der Waals surface area (Å²) in [6, 6.07) is 0. The topological polar surface area (TPSA) is 77.6 Å². The van der Waals surface area contributed by atoms with E-state index in [-0.39, 0.29) is 14.1 Å². The number of piperidine rings is 1. The molecule has 4 aliphatic rings. The fourth-order valence-corrected chi connectivity index (χ4v) is 4.98. The van der Waals surface area contributed by atoms with E-state index in [2.05, 4.69) is 32.3 Å². The van der Waals surface area contributed by atoms with Crippen molar-refractivity contribution < 1.29 is 22.2 Å². The number of epoxide rings is 2. The van der Waals surface area contributed by atoms with E-state index in [1.807, 2.05) is 0 Å². The Morgan fingerprint density at radius 3 is 2.50 bits per heavy atom. The third kappa shape index (κ3) is 5.49. The molecule has 1 aliphatic carbocycles. The lowest BCUT2D eigenvalue weighted by molar-refractivity contribution is 0.121. The molecule has 0 aromatic rings. The molecule has 164 valence electrons. The highest BCUT2D eigenvalue weighted by Gasteiger charge is 2.66. The highest BCUT2D eigenvalue weighted by atomic mass is 16.6. The molecule has 0 aromatic heterocycles. The fourth-order valence-electron chi connectivity index (χ4n) is 4.98. The number of rotatable bonds is 4. The van der Waals surface area contributed by atoms with Gasteiger partial charge in [0.1, 0.15) is 0 Å². The van der Waals surface area contributed by atoms with Gasteiger partial charge in [0.15, 0.2) is 0 Å². The second-order valence-electron chi connectivity index (χ2n) is 9.28. The lowest BCUT2D eigenvalue weighted by Crippen LogP contribution is -2.44. The number of hydrogen-bond acceptors (Lipinski definition) is 4. The summed E-state index contributed by atoms with van der Waals surface area (Å²) in [6.45, 7) is 9.33. The lowest BCUT2D eigenvalue weighted by atomic mass is 9.77. The number of carbonyl (C=O) groups is 1. The molecule has 1 spiro atoms. The number of amides is 1. The zero-order valence-corrected chi connectivity index (χ0v) is 17.8. The van der Waals surface area contributed by atoms with Crippen molar-refractivity contribution >= 4 is 6.09 Å². The Balaban J connectivity index is 0.000000325. The molecule has 4 atom stereocenters. The first kappa shape index (κ1) is 21.6. The SMILES string of the molecule is CC(C)=CC[C@H]1O[C@]1(C)C1CCCCC[C@]12CO2.O=C(O)NN1CCCCC1.[HH].[HH]. The molecule has 1 unspecified atom stereocenters. The summed E-state index contributed by atoms with van der Waals surface area (Å²) in [7, 11) is 0. The molecule has 0 radical (unpaired) electrons. The molecule has 4 rings (SSSR count). The van der Waals surface area contributed by atoms with Crippen molar-refractivity contribution in [3.05, 3.63) is 11.6 Å². The van der Waals surface area contributed by atoms with Crippen molar-refractivity contribution in [2.45, 2.75) is 95.9 Å². The zero-order chi connectivity index (χ0) is 20.2. The Bertz CT molecular complexity index is 575. The summed E-state index contributed by atoms with van der Waals surface area (Å²) in [5.74, 6) is 0.628. The van der Waals surface area contributed by atoms with Gasteiger partial charge in [-0.2, -0.15) is 0 Å². The predicted molar refractivity (Wildman–Crippen MR) is 113 cm³/mol. The van der Waals surface area contributed by atoms with E-state index in [0.29, 0.717) is 12.0 Å². The van der Waals surface area contributed by atoms with E-state index in [9.17, 15) is 4.79 Å². The maximum absolute atomic E-state index is 10.1. The third-order valence-electron chi connectivity index (χ3n) is 6.76. The third-order valence-corrected chi connectivity index (χ3v) is 6.76. The van der Waals surface area contributed by atoms with Gasteiger partial charge < -0.3 is 14.6 Å². The monoisotopic (exact) mass is 398 g/mol. The van der Waals surface area contributed by atoms with Gasteiger partial charge in [-0.15, -0.1) is 0 Å². The first-order chi connectivity index (χ1) is 13.4. The average molecular weight is 399 g/mol.